The van der Waals surface area contributed by atoms with E-state index in [0.717, 1.165) is 20.4 Å². The summed E-state index contributed by atoms with van der Waals surface area (Å²) in [6.07, 6.45) is 3.76. The van der Waals surface area contributed by atoms with Crippen molar-refractivity contribution in [3.05, 3.63) is 57.4 Å². The van der Waals surface area contributed by atoms with Crippen molar-refractivity contribution in [2.45, 2.75) is 13.3 Å². The summed E-state index contributed by atoms with van der Waals surface area (Å²) >= 11 is 2.24. The minimum Gasteiger partial charge on any atom is -0.324 e. The normalized spacial score (nSPS) is 10.1. The molecule has 0 fully saturated rings. The van der Waals surface area contributed by atoms with Gasteiger partial charge in [0.05, 0.1) is 18.3 Å². The number of carbonyl (C=O) groups excluding carboxylic acids is 1. The third-order valence-electron chi connectivity index (χ3n) is 2.57. The second kappa shape index (κ2) is 5.95. The van der Waals surface area contributed by atoms with Crippen molar-refractivity contribution in [2.24, 2.45) is 0 Å². The van der Waals surface area contributed by atoms with Crippen LogP contribution in [0.1, 0.15) is 11.1 Å². The van der Waals surface area contributed by atoms with Crippen LogP contribution in [0.4, 0.5) is 5.69 Å². The number of anilines is 1. The fourth-order valence-corrected chi connectivity index (χ4v) is 2.23. The van der Waals surface area contributed by atoms with Gasteiger partial charge in [-0.15, -0.1) is 0 Å². The first kappa shape index (κ1) is 13.0. The average molecular weight is 352 g/mol. The van der Waals surface area contributed by atoms with Crippen molar-refractivity contribution in [3.8, 4) is 0 Å². The molecule has 4 heteroatoms. The molecule has 0 radical (unpaired) electrons. The molecule has 0 spiro atoms. The predicted octanol–water partition coefficient (Wildman–Crippen LogP) is 3.18. The molecular formula is C14H13IN2O. The molecule has 1 amide bonds. The van der Waals surface area contributed by atoms with E-state index >= 15 is 0 Å². The number of nitrogens with one attached hydrogen (secondary N) is 1. The van der Waals surface area contributed by atoms with Crippen LogP contribution in [0.5, 0.6) is 0 Å². The molecule has 1 N–H and O–H groups in total. The Balaban J connectivity index is 2.03. The average Bonchev–Trinajstić information content (AvgIpc) is 2.32. The van der Waals surface area contributed by atoms with Gasteiger partial charge in [0.1, 0.15) is 0 Å². The van der Waals surface area contributed by atoms with E-state index in [4.69, 9.17) is 0 Å². The van der Waals surface area contributed by atoms with Gasteiger partial charge >= 0.3 is 0 Å². The van der Waals surface area contributed by atoms with Gasteiger partial charge in [0.2, 0.25) is 5.91 Å². The molecular weight excluding hydrogens is 339 g/mol. The zero-order chi connectivity index (χ0) is 13.0. The maximum atomic E-state index is 11.9. The molecule has 2 rings (SSSR count). The van der Waals surface area contributed by atoms with E-state index in [-0.39, 0.29) is 5.91 Å². The van der Waals surface area contributed by atoms with E-state index in [2.05, 4.69) is 32.9 Å². The molecule has 0 aliphatic heterocycles. The maximum absolute atomic E-state index is 11.9. The number of amides is 1. The number of pyridine rings is 1. The maximum Gasteiger partial charge on any atom is 0.228 e. The molecule has 0 unspecified atom stereocenters. The fourth-order valence-electron chi connectivity index (χ4n) is 1.62. The summed E-state index contributed by atoms with van der Waals surface area (Å²) in [4.78, 5) is 15.9. The predicted molar refractivity (Wildman–Crippen MR) is 80.5 cm³/mol. The van der Waals surface area contributed by atoms with Crippen molar-refractivity contribution in [3.63, 3.8) is 0 Å². The lowest BCUT2D eigenvalue weighted by Crippen LogP contribution is -2.15. The van der Waals surface area contributed by atoms with Gasteiger partial charge in [-0.1, -0.05) is 12.1 Å². The summed E-state index contributed by atoms with van der Waals surface area (Å²) in [5.74, 6) is -0.0203. The van der Waals surface area contributed by atoms with Gasteiger partial charge in [0.25, 0.3) is 0 Å². The molecule has 0 saturated heterocycles. The van der Waals surface area contributed by atoms with Crippen LogP contribution in [0, 0.1) is 10.5 Å². The number of hydrogen-bond acceptors (Lipinski definition) is 2. The second-order valence-electron chi connectivity index (χ2n) is 4.05. The monoisotopic (exact) mass is 352 g/mol. The molecule has 3 nitrogen and oxygen atoms in total. The van der Waals surface area contributed by atoms with Gasteiger partial charge in [-0.3, -0.25) is 9.78 Å². The lowest BCUT2D eigenvalue weighted by atomic mass is 10.1. The number of aryl methyl sites for hydroxylation is 1. The van der Waals surface area contributed by atoms with Crippen molar-refractivity contribution in [2.75, 3.05) is 5.32 Å². The Morgan fingerprint density at radius 3 is 2.94 bits per heavy atom. The third kappa shape index (κ3) is 3.53. The summed E-state index contributed by atoms with van der Waals surface area (Å²) < 4.78 is 1.13. The van der Waals surface area contributed by atoms with E-state index in [0.29, 0.717) is 6.42 Å². The van der Waals surface area contributed by atoms with Crippen LogP contribution in [-0.2, 0) is 11.2 Å². The Bertz CT molecular complexity index is 569. The molecule has 1 aromatic carbocycles. The SMILES string of the molecule is Cc1ccncc1NC(=O)Cc1cccc(I)c1. The summed E-state index contributed by atoms with van der Waals surface area (Å²) in [7, 11) is 0. The van der Waals surface area contributed by atoms with E-state index in [1.807, 2.05) is 37.3 Å². The molecule has 0 aliphatic rings. The van der Waals surface area contributed by atoms with Crippen LogP contribution < -0.4 is 5.32 Å². The first-order valence-electron chi connectivity index (χ1n) is 5.60. The van der Waals surface area contributed by atoms with Crippen LogP contribution in [-0.4, -0.2) is 10.9 Å². The van der Waals surface area contributed by atoms with Gasteiger partial charge in [-0.25, -0.2) is 0 Å². The number of rotatable bonds is 3. The summed E-state index contributed by atoms with van der Waals surface area (Å²) in [5.41, 5.74) is 2.80. The standard InChI is InChI=1S/C14H13IN2O/c1-10-5-6-16-9-13(10)17-14(18)8-11-3-2-4-12(15)7-11/h2-7,9H,8H2,1H3,(H,17,18). The van der Waals surface area contributed by atoms with Gasteiger partial charge in [-0.2, -0.15) is 0 Å². The van der Waals surface area contributed by atoms with Gasteiger partial charge in [0, 0.05) is 9.77 Å². The molecule has 2 aromatic rings. The molecule has 1 aromatic heterocycles. The highest BCUT2D eigenvalue weighted by atomic mass is 127. The van der Waals surface area contributed by atoms with Crippen LogP contribution in [0.25, 0.3) is 0 Å². The van der Waals surface area contributed by atoms with Gasteiger partial charge in [0.15, 0.2) is 0 Å². The Morgan fingerprint density at radius 1 is 1.39 bits per heavy atom. The quantitative estimate of drug-likeness (QED) is 0.863. The fraction of sp³-hybridized carbons (Fsp3) is 0.143. The van der Waals surface area contributed by atoms with E-state index in [1.54, 1.807) is 12.4 Å². The largest absolute Gasteiger partial charge is 0.324 e. The van der Waals surface area contributed by atoms with Crippen LogP contribution >= 0.6 is 22.6 Å². The van der Waals surface area contributed by atoms with Crippen LogP contribution in [0.3, 0.4) is 0 Å². The van der Waals surface area contributed by atoms with E-state index < -0.39 is 0 Å². The second-order valence-corrected chi connectivity index (χ2v) is 5.29. The Labute approximate surface area is 120 Å². The molecule has 92 valence electrons. The topological polar surface area (TPSA) is 42.0 Å². The number of aromatic nitrogens is 1. The molecule has 0 aliphatic carbocycles. The zero-order valence-electron chi connectivity index (χ0n) is 9.98. The zero-order valence-corrected chi connectivity index (χ0v) is 12.1. The number of benzene rings is 1. The van der Waals surface area contributed by atoms with E-state index in [9.17, 15) is 4.79 Å². The Hall–Kier alpha value is -1.43. The van der Waals surface area contributed by atoms with Crippen LogP contribution in [0.2, 0.25) is 0 Å². The van der Waals surface area contributed by atoms with Crippen molar-refractivity contribution >= 4 is 34.2 Å². The van der Waals surface area contributed by atoms with Crippen molar-refractivity contribution in [1.82, 2.24) is 4.98 Å². The summed E-state index contributed by atoms with van der Waals surface area (Å²) in [6.45, 7) is 1.95. The van der Waals surface area contributed by atoms with Crippen molar-refractivity contribution < 1.29 is 4.79 Å². The number of hydrogen-bond donors (Lipinski definition) is 1. The third-order valence-corrected chi connectivity index (χ3v) is 3.24. The molecule has 18 heavy (non-hydrogen) atoms. The highest BCUT2D eigenvalue weighted by molar-refractivity contribution is 14.1. The Morgan fingerprint density at radius 2 is 2.22 bits per heavy atom. The summed E-state index contributed by atoms with van der Waals surface area (Å²) in [6, 6.07) is 9.81. The smallest absolute Gasteiger partial charge is 0.228 e. The number of carbonyl (C=O) groups is 1. The first-order chi connectivity index (χ1) is 8.65. The van der Waals surface area contributed by atoms with E-state index in [1.165, 1.54) is 0 Å². The number of nitrogens with zero attached hydrogens (tertiary/aromatic N) is 1. The lowest BCUT2D eigenvalue weighted by molar-refractivity contribution is -0.115. The Kier molecular flexibility index (Phi) is 4.30. The minimum absolute atomic E-state index is 0.0203. The highest BCUT2D eigenvalue weighted by Gasteiger charge is 2.06. The van der Waals surface area contributed by atoms with Crippen LogP contribution in [0.15, 0.2) is 42.7 Å². The molecule has 0 bridgehead atoms. The first-order valence-corrected chi connectivity index (χ1v) is 6.68. The molecule has 1 heterocycles. The van der Waals surface area contributed by atoms with Crippen molar-refractivity contribution in [1.29, 1.82) is 0 Å². The molecule has 0 saturated carbocycles. The van der Waals surface area contributed by atoms with Gasteiger partial charge in [-0.05, 0) is 58.8 Å². The minimum atomic E-state index is -0.0203. The molecule has 0 atom stereocenters. The van der Waals surface area contributed by atoms with Gasteiger partial charge < -0.3 is 5.32 Å². The highest BCUT2D eigenvalue weighted by Crippen LogP contribution is 2.13. The lowest BCUT2D eigenvalue weighted by Gasteiger charge is -2.07. The number of halogens is 1. The summed E-state index contributed by atoms with van der Waals surface area (Å²) in [5, 5.41) is 2.87.